The van der Waals surface area contributed by atoms with Crippen molar-refractivity contribution in [2.75, 3.05) is 0 Å². The normalized spacial score (nSPS) is 13.3. The van der Waals surface area contributed by atoms with E-state index in [0.29, 0.717) is 22.3 Å². The first-order valence-corrected chi connectivity index (χ1v) is 8.83. The number of aryl methyl sites for hydroxylation is 2. The number of rotatable bonds is 4. The Morgan fingerprint density at radius 1 is 1.29 bits per heavy atom. The summed E-state index contributed by atoms with van der Waals surface area (Å²) in [6.45, 7) is 3.46. The zero-order chi connectivity index (χ0) is 17.5. The molecule has 2 heterocycles. The molecule has 3 rings (SSSR count). The first kappa shape index (κ1) is 16.5. The first-order chi connectivity index (χ1) is 11.3. The van der Waals surface area contributed by atoms with Crippen molar-refractivity contribution in [3.8, 4) is 0 Å². The van der Waals surface area contributed by atoms with Crippen molar-refractivity contribution in [1.29, 1.82) is 0 Å². The molecule has 126 valence electrons. The highest BCUT2D eigenvalue weighted by atomic mass is 32.2. The van der Waals surface area contributed by atoms with Crippen molar-refractivity contribution < 1.29 is 12.8 Å². The number of aromatic nitrogens is 3. The van der Waals surface area contributed by atoms with Gasteiger partial charge in [0.1, 0.15) is 10.7 Å². The standard InChI is InChI=1S/C16H17FN4O2S/c1-10(12-5-4-6-13(17)7-12)20-24(22,23)14-8-15-11(2)19-21(3)16(15)18-9-14/h4-10,20H,1-3H3/t10-/m0/s1. The van der Waals surface area contributed by atoms with Crippen LogP contribution >= 0.6 is 0 Å². The van der Waals surface area contributed by atoms with Gasteiger partial charge in [0.15, 0.2) is 5.65 Å². The van der Waals surface area contributed by atoms with E-state index < -0.39 is 21.9 Å². The molecule has 0 amide bonds. The van der Waals surface area contributed by atoms with Crippen LogP contribution in [0.2, 0.25) is 0 Å². The molecule has 8 heteroatoms. The van der Waals surface area contributed by atoms with Gasteiger partial charge in [0.25, 0.3) is 0 Å². The van der Waals surface area contributed by atoms with E-state index in [2.05, 4.69) is 14.8 Å². The van der Waals surface area contributed by atoms with Crippen LogP contribution in [0.1, 0.15) is 24.2 Å². The van der Waals surface area contributed by atoms with Crippen molar-refractivity contribution >= 4 is 21.1 Å². The molecule has 1 atom stereocenters. The van der Waals surface area contributed by atoms with Crippen LogP contribution in [-0.4, -0.2) is 23.2 Å². The molecule has 24 heavy (non-hydrogen) atoms. The Hall–Kier alpha value is -2.32. The predicted molar refractivity (Wildman–Crippen MR) is 88.4 cm³/mol. The van der Waals surface area contributed by atoms with Crippen LogP contribution in [0.15, 0.2) is 41.4 Å². The molecule has 0 fully saturated rings. The van der Waals surface area contributed by atoms with Gasteiger partial charge in [0.2, 0.25) is 10.0 Å². The maximum Gasteiger partial charge on any atom is 0.242 e. The minimum atomic E-state index is -3.79. The van der Waals surface area contributed by atoms with E-state index in [1.54, 1.807) is 43.8 Å². The smallest absolute Gasteiger partial charge is 0.242 e. The molecule has 6 nitrogen and oxygen atoms in total. The number of sulfonamides is 1. The third-order valence-electron chi connectivity index (χ3n) is 3.83. The highest BCUT2D eigenvalue weighted by molar-refractivity contribution is 7.89. The van der Waals surface area contributed by atoms with Gasteiger partial charge in [-0.1, -0.05) is 12.1 Å². The summed E-state index contributed by atoms with van der Waals surface area (Å²) in [4.78, 5) is 4.23. The number of fused-ring (bicyclic) bond motifs is 1. The van der Waals surface area contributed by atoms with E-state index in [4.69, 9.17) is 0 Å². The van der Waals surface area contributed by atoms with Crippen molar-refractivity contribution in [2.45, 2.75) is 24.8 Å². The van der Waals surface area contributed by atoms with Gasteiger partial charge in [-0.05, 0) is 37.6 Å². The molecule has 0 spiro atoms. The minimum Gasteiger partial charge on any atom is -0.250 e. The summed E-state index contributed by atoms with van der Waals surface area (Å²) in [5.41, 5.74) is 1.87. The third kappa shape index (κ3) is 3.02. The summed E-state index contributed by atoms with van der Waals surface area (Å²) < 4.78 is 42.6. The topological polar surface area (TPSA) is 76.9 Å². The second-order valence-electron chi connectivity index (χ2n) is 5.65. The van der Waals surface area contributed by atoms with Crippen LogP contribution in [0.3, 0.4) is 0 Å². The first-order valence-electron chi connectivity index (χ1n) is 7.35. The van der Waals surface area contributed by atoms with E-state index in [-0.39, 0.29) is 4.90 Å². The van der Waals surface area contributed by atoms with Gasteiger partial charge in [-0.2, -0.15) is 5.10 Å². The molecule has 0 saturated heterocycles. The Labute approximate surface area is 139 Å². The SMILES string of the molecule is Cc1nn(C)c2ncc(S(=O)(=O)N[C@@H](C)c3cccc(F)c3)cc12. The number of nitrogens with zero attached hydrogens (tertiary/aromatic N) is 3. The van der Waals surface area contributed by atoms with Crippen molar-refractivity contribution in [2.24, 2.45) is 7.05 Å². The van der Waals surface area contributed by atoms with Crippen LogP contribution in [0.5, 0.6) is 0 Å². The van der Waals surface area contributed by atoms with E-state index >= 15 is 0 Å². The zero-order valence-electron chi connectivity index (χ0n) is 13.5. The molecule has 0 aliphatic rings. The monoisotopic (exact) mass is 348 g/mol. The lowest BCUT2D eigenvalue weighted by atomic mass is 10.1. The zero-order valence-corrected chi connectivity index (χ0v) is 14.3. The van der Waals surface area contributed by atoms with Crippen molar-refractivity contribution in [3.05, 3.63) is 53.6 Å². The van der Waals surface area contributed by atoms with Gasteiger partial charge in [-0.3, -0.25) is 4.68 Å². The van der Waals surface area contributed by atoms with Gasteiger partial charge in [0.05, 0.1) is 5.69 Å². The van der Waals surface area contributed by atoms with Crippen LogP contribution in [0.4, 0.5) is 4.39 Å². The molecule has 0 unspecified atom stereocenters. The third-order valence-corrected chi connectivity index (χ3v) is 5.34. The fraction of sp³-hybridized carbons (Fsp3) is 0.250. The fourth-order valence-electron chi connectivity index (χ4n) is 2.58. The highest BCUT2D eigenvalue weighted by Crippen LogP contribution is 2.21. The molecule has 1 N–H and O–H groups in total. The quantitative estimate of drug-likeness (QED) is 0.786. The largest absolute Gasteiger partial charge is 0.250 e. The van der Waals surface area contributed by atoms with Gasteiger partial charge < -0.3 is 0 Å². The summed E-state index contributed by atoms with van der Waals surface area (Å²) >= 11 is 0. The Bertz CT molecular complexity index is 1010. The number of pyridine rings is 1. The highest BCUT2D eigenvalue weighted by Gasteiger charge is 2.20. The molecule has 0 aliphatic carbocycles. The second kappa shape index (κ2) is 5.95. The summed E-state index contributed by atoms with van der Waals surface area (Å²) in [5, 5.41) is 4.91. The Kier molecular flexibility index (Phi) is 4.10. The summed E-state index contributed by atoms with van der Waals surface area (Å²) in [6.07, 6.45) is 1.30. The van der Waals surface area contributed by atoms with Crippen molar-refractivity contribution in [1.82, 2.24) is 19.5 Å². The van der Waals surface area contributed by atoms with E-state index in [1.807, 2.05) is 0 Å². The molecule has 2 aromatic heterocycles. The molecular formula is C16H17FN4O2S. The molecular weight excluding hydrogens is 331 g/mol. The van der Waals surface area contributed by atoms with E-state index in [9.17, 15) is 12.8 Å². The lowest BCUT2D eigenvalue weighted by Gasteiger charge is -2.14. The van der Waals surface area contributed by atoms with Gasteiger partial charge >= 0.3 is 0 Å². The maximum absolute atomic E-state index is 13.3. The molecule has 0 saturated carbocycles. The van der Waals surface area contributed by atoms with Crippen molar-refractivity contribution in [3.63, 3.8) is 0 Å². The predicted octanol–water partition coefficient (Wildman–Crippen LogP) is 2.46. The van der Waals surface area contributed by atoms with Gasteiger partial charge in [0, 0.05) is 24.7 Å². The second-order valence-corrected chi connectivity index (χ2v) is 7.36. The molecule has 0 radical (unpaired) electrons. The fourth-order valence-corrected chi connectivity index (χ4v) is 3.78. The number of hydrogen-bond donors (Lipinski definition) is 1. The number of benzene rings is 1. The molecule has 0 bridgehead atoms. The average Bonchev–Trinajstić information content (AvgIpc) is 2.81. The Balaban J connectivity index is 1.94. The number of nitrogens with one attached hydrogen (secondary N) is 1. The Morgan fingerprint density at radius 3 is 2.75 bits per heavy atom. The van der Waals surface area contributed by atoms with E-state index in [1.165, 1.54) is 18.3 Å². The number of hydrogen-bond acceptors (Lipinski definition) is 4. The molecule has 3 aromatic rings. The molecule has 0 aliphatic heterocycles. The lowest BCUT2D eigenvalue weighted by molar-refractivity contribution is 0.564. The van der Waals surface area contributed by atoms with Gasteiger partial charge in [-0.15, -0.1) is 0 Å². The van der Waals surface area contributed by atoms with Crippen LogP contribution in [-0.2, 0) is 17.1 Å². The van der Waals surface area contributed by atoms with Crippen LogP contribution in [0.25, 0.3) is 11.0 Å². The summed E-state index contributed by atoms with van der Waals surface area (Å²) in [5.74, 6) is -0.410. The maximum atomic E-state index is 13.3. The summed E-state index contributed by atoms with van der Waals surface area (Å²) in [7, 11) is -2.04. The van der Waals surface area contributed by atoms with Crippen LogP contribution < -0.4 is 4.72 Å². The molecule has 1 aromatic carbocycles. The minimum absolute atomic E-state index is 0.0503. The average molecular weight is 348 g/mol. The van der Waals surface area contributed by atoms with Crippen LogP contribution in [0, 0.1) is 12.7 Å². The van der Waals surface area contributed by atoms with Gasteiger partial charge in [-0.25, -0.2) is 22.5 Å². The Morgan fingerprint density at radius 2 is 2.04 bits per heavy atom. The van der Waals surface area contributed by atoms with E-state index in [0.717, 1.165) is 0 Å². The lowest BCUT2D eigenvalue weighted by Crippen LogP contribution is -2.27. The summed E-state index contributed by atoms with van der Waals surface area (Å²) in [6, 6.07) is 6.81. The number of halogens is 1.